The zero-order valence-corrected chi connectivity index (χ0v) is 6.99. The minimum Gasteiger partial charge on any atom is -0.311 e. The second kappa shape index (κ2) is 3.84. The molecule has 0 amide bonds. The van der Waals surface area contributed by atoms with Gasteiger partial charge in [0, 0.05) is 6.20 Å². The van der Waals surface area contributed by atoms with E-state index in [4.69, 9.17) is 11.0 Å². The molecule has 0 saturated carbocycles. The molecular weight excluding hydrogens is 150 g/mol. The Morgan fingerprint density at radius 2 is 2.42 bits per heavy atom. The number of nitrogens with zero attached hydrogens (tertiary/aromatic N) is 2. The van der Waals surface area contributed by atoms with Crippen LogP contribution in [0.5, 0.6) is 0 Å². The van der Waals surface area contributed by atoms with Gasteiger partial charge in [0.15, 0.2) is 0 Å². The van der Waals surface area contributed by atoms with E-state index in [1.54, 1.807) is 12.3 Å². The summed E-state index contributed by atoms with van der Waals surface area (Å²) in [7, 11) is 0. The molecule has 2 N–H and O–H groups in total. The fourth-order valence-electron chi connectivity index (χ4n) is 0.895. The third-order valence-corrected chi connectivity index (χ3v) is 1.71. The number of aromatic nitrogens is 1. The first-order valence-corrected chi connectivity index (χ1v) is 3.88. The summed E-state index contributed by atoms with van der Waals surface area (Å²) in [4.78, 5) is 4.07. The highest BCUT2D eigenvalue weighted by atomic mass is 14.8. The Bertz CT molecular complexity index is 284. The number of aryl methyl sites for hydroxylation is 1. The highest BCUT2D eigenvalue weighted by Crippen LogP contribution is 2.06. The molecule has 0 aliphatic rings. The summed E-state index contributed by atoms with van der Waals surface area (Å²) in [5.41, 5.74) is 7.25. The van der Waals surface area contributed by atoms with Crippen molar-refractivity contribution in [3.63, 3.8) is 0 Å². The summed E-state index contributed by atoms with van der Waals surface area (Å²) in [6.07, 6.45) is 2.71. The number of hydrogen-bond acceptors (Lipinski definition) is 3. The van der Waals surface area contributed by atoms with E-state index in [0.29, 0.717) is 5.69 Å². The molecule has 0 saturated heterocycles. The highest BCUT2D eigenvalue weighted by molar-refractivity contribution is 5.19. The van der Waals surface area contributed by atoms with Gasteiger partial charge in [-0.25, -0.2) is 0 Å². The lowest BCUT2D eigenvalue weighted by Gasteiger charge is -2.01. The van der Waals surface area contributed by atoms with Gasteiger partial charge in [-0.05, 0) is 18.1 Å². The van der Waals surface area contributed by atoms with Crippen LogP contribution in [0.3, 0.4) is 0 Å². The first-order chi connectivity index (χ1) is 5.77. The SMILES string of the molecule is CCc1ccc([C@H](N)C#N)nc1. The van der Waals surface area contributed by atoms with Crippen molar-refractivity contribution in [2.75, 3.05) is 0 Å². The number of pyridine rings is 1. The lowest BCUT2D eigenvalue weighted by Crippen LogP contribution is -2.09. The Kier molecular flexibility index (Phi) is 2.78. The zero-order chi connectivity index (χ0) is 8.97. The molecule has 1 aromatic rings. The van der Waals surface area contributed by atoms with Crippen molar-refractivity contribution >= 4 is 0 Å². The standard InChI is InChI=1S/C9H11N3/c1-2-7-3-4-9(12-6-7)8(11)5-10/h3-4,6,8H,2,11H2,1H3/t8-/m1/s1. The molecule has 1 aromatic heterocycles. The van der Waals surface area contributed by atoms with Crippen LogP contribution in [0.15, 0.2) is 18.3 Å². The van der Waals surface area contributed by atoms with E-state index in [1.165, 1.54) is 0 Å². The van der Waals surface area contributed by atoms with Crippen molar-refractivity contribution in [2.45, 2.75) is 19.4 Å². The number of rotatable bonds is 2. The van der Waals surface area contributed by atoms with Crippen LogP contribution < -0.4 is 5.73 Å². The molecule has 0 aliphatic heterocycles. The fourth-order valence-corrected chi connectivity index (χ4v) is 0.895. The van der Waals surface area contributed by atoms with E-state index >= 15 is 0 Å². The number of hydrogen-bond donors (Lipinski definition) is 1. The average molecular weight is 161 g/mol. The molecule has 0 spiro atoms. The first-order valence-electron chi connectivity index (χ1n) is 3.88. The minimum atomic E-state index is -0.601. The van der Waals surface area contributed by atoms with Crippen LogP contribution in [0.1, 0.15) is 24.2 Å². The maximum atomic E-state index is 8.50. The molecular formula is C9H11N3. The van der Waals surface area contributed by atoms with Gasteiger partial charge in [0.25, 0.3) is 0 Å². The van der Waals surface area contributed by atoms with Crippen molar-refractivity contribution in [1.82, 2.24) is 4.98 Å². The molecule has 12 heavy (non-hydrogen) atoms. The van der Waals surface area contributed by atoms with E-state index in [9.17, 15) is 0 Å². The van der Waals surface area contributed by atoms with E-state index < -0.39 is 6.04 Å². The molecule has 62 valence electrons. The Hall–Kier alpha value is -1.40. The van der Waals surface area contributed by atoms with Crippen molar-refractivity contribution in [1.29, 1.82) is 5.26 Å². The Morgan fingerprint density at radius 3 is 2.83 bits per heavy atom. The van der Waals surface area contributed by atoms with Crippen LogP contribution in [0.25, 0.3) is 0 Å². The summed E-state index contributed by atoms with van der Waals surface area (Å²) < 4.78 is 0. The van der Waals surface area contributed by atoms with Gasteiger partial charge < -0.3 is 5.73 Å². The van der Waals surface area contributed by atoms with Gasteiger partial charge in [0.05, 0.1) is 11.8 Å². The van der Waals surface area contributed by atoms with Crippen LogP contribution in [0, 0.1) is 11.3 Å². The van der Waals surface area contributed by atoms with Crippen molar-refractivity contribution in [3.8, 4) is 6.07 Å². The van der Waals surface area contributed by atoms with Crippen LogP contribution in [-0.4, -0.2) is 4.98 Å². The molecule has 0 bridgehead atoms. The average Bonchev–Trinajstić information content (AvgIpc) is 2.17. The first kappa shape index (κ1) is 8.69. The number of nitrogens with two attached hydrogens (primary N) is 1. The summed E-state index contributed by atoms with van der Waals surface area (Å²) >= 11 is 0. The smallest absolute Gasteiger partial charge is 0.135 e. The third kappa shape index (κ3) is 1.80. The van der Waals surface area contributed by atoms with Crippen molar-refractivity contribution in [2.24, 2.45) is 5.73 Å². The summed E-state index contributed by atoms with van der Waals surface area (Å²) in [5.74, 6) is 0. The third-order valence-electron chi connectivity index (χ3n) is 1.71. The van der Waals surface area contributed by atoms with Gasteiger partial charge >= 0.3 is 0 Å². The van der Waals surface area contributed by atoms with Gasteiger partial charge in [0.1, 0.15) is 6.04 Å². The van der Waals surface area contributed by atoms with Gasteiger partial charge in [-0.3, -0.25) is 4.98 Å². The van der Waals surface area contributed by atoms with E-state index in [1.807, 2.05) is 12.1 Å². The van der Waals surface area contributed by atoms with Gasteiger partial charge in [0.2, 0.25) is 0 Å². The Morgan fingerprint density at radius 1 is 1.67 bits per heavy atom. The second-order valence-electron chi connectivity index (χ2n) is 2.55. The maximum absolute atomic E-state index is 8.50. The number of nitriles is 1. The van der Waals surface area contributed by atoms with Gasteiger partial charge in [-0.15, -0.1) is 0 Å². The lowest BCUT2D eigenvalue weighted by atomic mass is 10.1. The molecule has 0 radical (unpaired) electrons. The molecule has 0 aromatic carbocycles. The topological polar surface area (TPSA) is 62.7 Å². The second-order valence-corrected chi connectivity index (χ2v) is 2.55. The van der Waals surface area contributed by atoms with Gasteiger partial charge in [-0.1, -0.05) is 13.0 Å². The van der Waals surface area contributed by atoms with Crippen LogP contribution in [0.2, 0.25) is 0 Å². The molecule has 0 unspecified atom stereocenters. The van der Waals surface area contributed by atoms with Crippen molar-refractivity contribution < 1.29 is 0 Å². The predicted molar refractivity (Wildman–Crippen MR) is 46.2 cm³/mol. The quantitative estimate of drug-likeness (QED) is 0.708. The molecule has 3 heteroatoms. The molecule has 0 fully saturated rings. The Balaban J connectivity index is 2.86. The minimum absolute atomic E-state index is 0.601. The lowest BCUT2D eigenvalue weighted by molar-refractivity contribution is 0.869. The Labute approximate surface area is 71.8 Å². The fraction of sp³-hybridized carbons (Fsp3) is 0.333. The van der Waals surface area contributed by atoms with E-state index in [0.717, 1.165) is 12.0 Å². The molecule has 3 nitrogen and oxygen atoms in total. The van der Waals surface area contributed by atoms with Crippen LogP contribution in [-0.2, 0) is 6.42 Å². The zero-order valence-electron chi connectivity index (χ0n) is 6.99. The largest absolute Gasteiger partial charge is 0.311 e. The summed E-state index contributed by atoms with van der Waals surface area (Å²) in [6.45, 7) is 2.06. The maximum Gasteiger partial charge on any atom is 0.135 e. The van der Waals surface area contributed by atoms with Crippen LogP contribution >= 0.6 is 0 Å². The van der Waals surface area contributed by atoms with Gasteiger partial charge in [-0.2, -0.15) is 5.26 Å². The van der Waals surface area contributed by atoms with E-state index in [-0.39, 0.29) is 0 Å². The monoisotopic (exact) mass is 161 g/mol. The molecule has 0 aliphatic carbocycles. The highest BCUT2D eigenvalue weighted by Gasteiger charge is 2.03. The van der Waals surface area contributed by atoms with Crippen molar-refractivity contribution in [3.05, 3.63) is 29.6 Å². The molecule has 1 heterocycles. The predicted octanol–water partition coefficient (Wildman–Crippen LogP) is 1.17. The normalized spacial score (nSPS) is 12.1. The summed E-state index contributed by atoms with van der Waals surface area (Å²) in [6, 6.07) is 5.08. The molecule has 1 rings (SSSR count). The summed E-state index contributed by atoms with van der Waals surface area (Å²) in [5, 5.41) is 8.50. The molecule has 1 atom stereocenters. The van der Waals surface area contributed by atoms with Crippen LogP contribution in [0.4, 0.5) is 0 Å². The van der Waals surface area contributed by atoms with E-state index in [2.05, 4.69) is 11.9 Å².